The Bertz CT molecular complexity index is 2970. The van der Waals surface area contributed by atoms with Gasteiger partial charge in [-0.15, -0.1) is 0 Å². The highest BCUT2D eigenvalue weighted by atomic mass is 32.3. The molecule has 2 aliphatic rings. The van der Waals surface area contributed by atoms with Crippen LogP contribution in [0.2, 0.25) is 0 Å². The third-order valence-electron chi connectivity index (χ3n) is 12.0. The maximum atomic E-state index is 14.4. The molecule has 4 aromatic carbocycles. The van der Waals surface area contributed by atoms with E-state index in [9.17, 15) is 43.2 Å². The second kappa shape index (κ2) is 18.9. The summed E-state index contributed by atoms with van der Waals surface area (Å²) in [7, 11) is -12.9. The molecule has 0 N–H and O–H groups in total. The fraction of sp³-hybridized carbons (Fsp3) is 0.392. The summed E-state index contributed by atoms with van der Waals surface area (Å²) in [5, 5.41) is 0.986. The molecule has 7 nitrogen and oxygen atoms in total. The summed E-state index contributed by atoms with van der Waals surface area (Å²) in [4.78, 5) is 1.14. The normalized spacial score (nSPS) is 14.0. The molecule has 354 valence electrons. The van der Waals surface area contributed by atoms with Crippen molar-refractivity contribution in [1.29, 1.82) is 0 Å². The highest BCUT2D eigenvalue weighted by Gasteiger charge is 2.59. The largest absolute Gasteiger partial charge is 0.498 e. The van der Waals surface area contributed by atoms with Crippen molar-refractivity contribution in [2.75, 3.05) is 18.0 Å². The van der Waals surface area contributed by atoms with E-state index in [1.807, 2.05) is 26.0 Å². The molecule has 0 fully saturated rings. The minimum absolute atomic E-state index is 0.112. The van der Waals surface area contributed by atoms with Gasteiger partial charge in [0.25, 0.3) is 9.84 Å². The molecule has 0 spiro atoms. The van der Waals surface area contributed by atoms with Crippen molar-refractivity contribution in [3.8, 4) is 22.5 Å². The number of benzene rings is 5. The number of nitrogens with zero attached hydrogens (tertiary/aromatic N) is 2. The monoisotopic (exact) mass is 955 g/mol. The van der Waals surface area contributed by atoms with E-state index in [2.05, 4.69) is 89.1 Å². The van der Waals surface area contributed by atoms with Gasteiger partial charge in [0.2, 0.25) is 11.0 Å². The van der Waals surface area contributed by atoms with Gasteiger partial charge in [0, 0.05) is 63.3 Å². The van der Waals surface area contributed by atoms with Crippen LogP contribution in [0, 0.1) is 0 Å². The van der Waals surface area contributed by atoms with Crippen molar-refractivity contribution >= 4 is 47.7 Å². The zero-order chi connectivity index (χ0) is 48.8. The Morgan fingerprint density at radius 3 is 1.68 bits per heavy atom. The molecule has 4 aromatic rings. The summed E-state index contributed by atoms with van der Waals surface area (Å²) < 4.78 is 144. The van der Waals surface area contributed by atoms with Crippen molar-refractivity contribution in [2.45, 2.75) is 120 Å². The predicted octanol–water partition coefficient (Wildman–Crippen LogP) is 14.0. The van der Waals surface area contributed by atoms with Crippen LogP contribution in [-0.4, -0.2) is 46.2 Å². The SMILES string of the molecule is CCN(c1ccc2c(-c3ccccc3S(=O)(=O)C(CC(F)(F)F)S(=O)(=O)C(F)(F)F)c3ccc(=[N+](CC)c4c(C(C)C)cccc4C(C)C)cc-3oc2c1)c1c(C(C)C)cccc1C(C)C. The number of rotatable bonds is 14. The number of alkyl halides is 6. The highest BCUT2D eigenvalue weighted by molar-refractivity contribution is 8.09. The average Bonchev–Trinajstić information content (AvgIpc) is 3.24. The fourth-order valence-corrected chi connectivity index (χ4v) is 13.0. The van der Waals surface area contributed by atoms with Gasteiger partial charge in [-0.05, 0) is 72.9 Å². The van der Waals surface area contributed by atoms with Gasteiger partial charge in [0.05, 0.1) is 17.4 Å². The highest BCUT2D eigenvalue weighted by Crippen LogP contribution is 2.47. The van der Waals surface area contributed by atoms with Crippen molar-refractivity contribution in [2.24, 2.45) is 0 Å². The van der Waals surface area contributed by atoms with Crippen molar-refractivity contribution in [1.82, 2.24) is 4.58 Å². The van der Waals surface area contributed by atoms with E-state index in [0.29, 0.717) is 24.1 Å². The molecule has 0 amide bonds. The van der Waals surface area contributed by atoms with Gasteiger partial charge in [-0.3, -0.25) is 0 Å². The molecule has 1 unspecified atom stereocenters. The molecule has 1 heterocycles. The van der Waals surface area contributed by atoms with Crippen LogP contribution in [0.25, 0.3) is 33.4 Å². The van der Waals surface area contributed by atoms with E-state index in [1.54, 1.807) is 36.4 Å². The molecule has 1 aliphatic heterocycles. The minimum Gasteiger partial charge on any atom is -0.456 e. The van der Waals surface area contributed by atoms with E-state index in [4.69, 9.17) is 4.42 Å². The second-order valence-corrected chi connectivity index (χ2v) is 22.3. The Morgan fingerprint density at radius 1 is 0.636 bits per heavy atom. The molecular formula is C51H57F6N2O5S2+. The zero-order valence-corrected chi connectivity index (χ0v) is 40.4. The number of halogens is 6. The molecule has 1 atom stereocenters. The van der Waals surface area contributed by atoms with Crippen LogP contribution in [0.1, 0.15) is 122 Å². The number of hydrogen-bond acceptors (Lipinski definition) is 6. The Hall–Kier alpha value is -5.15. The summed E-state index contributed by atoms with van der Waals surface area (Å²) >= 11 is 0. The van der Waals surface area contributed by atoms with Crippen LogP contribution in [0.4, 0.5) is 43.4 Å². The van der Waals surface area contributed by atoms with Gasteiger partial charge < -0.3 is 9.32 Å². The van der Waals surface area contributed by atoms with Crippen LogP contribution < -0.4 is 14.8 Å². The number of fused-ring (bicyclic) bond motifs is 2. The first-order valence-electron chi connectivity index (χ1n) is 22.1. The van der Waals surface area contributed by atoms with Crippen LogP contribution in [0.3, 0.4) is 0 Å². The smallest absolute Gasteiger partial charge is 0.456 e. The maximum absolute atomic E-state index is 14.4. The number of anilines is 2. The number of hydrogen-bond donors (Lipinski definition) is 0. The first kappa shape index (κ1) is 50.3. The van der Waals surface area contributed by atoms with Crippen LogP contribution >= 0.6 is 0 Å². The van der Waals surface area contributed by atoms with Gasteiger partial charge in [0.1, 0.15) is 17.9 Å². The molecule has 0 bridgehead atoms. The average molecular weight is 956 g/mol. The summed E-state index contributed by atoms with van der Waals surface area (Å²) in [6.45, 7) is 21.9. The number of sulfone groups is 2. The minimum atomic E-state index is -6.93. The zero-order valence-electron chi connectivity index (χ0n) is 38.8. The molecule has 0 aromatic heterocycles. The molecular weight excluding hydrogens is 899 g/mol. The van der Waals surface area contributed by atoms with Crippen molar-refractivity contribution in [3.63, 3.8) is 0 Å². The topological polar surface area (TPSA) is 87.7 Å². The molecule has 66 heavy (non-hydrogen) atoms. The molecule has 15 heteroatoms. The first-order chi connectivity index (χ1) is 30.8. The molecule has 1 aliphatic carbocycles. The third-order valence-corrected chi connectivity index (χ3v) is 16.9. The van der Waals surface area contributed by atoms with Crippen LogP contribution in [0.5, 0.6) is 0 Å². The summed E-state index contributed by atoms with van der Waals surface area (Å²) in [6, 6.07) is 27.5. The standard InChI is InChI=1S/C51H57F6N2O5S2/c1-11-58(48-36(30(3)4)18-15-19-37(48)31(5)6)34-23-25-40-43(27-34)64-44-28-35(59(12-2)49-38(32(7)8)20-16-21-39(49)33(9)10)24-26-41(44)47(40)42-17-13-14-22-45(42)65(60,61)46(29-50(52,53)54)66(62,63)51(55,56)57/h13-28,30-33,46H,11-12,29H2,1-10H3/q+1. The Balaban J connectivity index is 1.77. The lowest BCUT2D eigenvalue weighted by Crippen LogP contribution is -2.42. The summed E-state index contributed by atoms with van der Waals surface area (Å²) in [6.07, 6.45) is -8.39. The molecule has 6 rings (SSSR count). The Morgan fingerprint density at radius 2 is 1.18 bits per heavy atom. The lowest BCUT2D eigenvalue weighted by Gasteiger charge is -2.31. The second-order valence-electron chi connectivity index (χ2n) is 17.8. The Labute approximate surface area is 384 Å². The first-order valence-corrected chi connectivity index (χ1v) is 25.2. The van der Waals surface area contributed by atoms with Gasteiger partial charge >= 0.3 is 11.7 Å². The van der Waals surface area contributed by atoms with Crippen LogP contribution in [0.15, 0.2) is 106 Å². The van der Waals surface area contributed by atoms with E-state index >= 15 is 0 Å². The quantitative estimate of drug-likeness (QED) is 0.0614. The van der Waals surface area contributed by atoms with Crippen molar-refractivity contribution < 1.29 is 47.6 Å². The van der Waals surface area contributed by atoms with Gasteiger partial charge in [-0.25, -0.2) is 16.8 Å². The van der Waals surface area contributed by atoms with Crippen LogP contribution in [-0.2, 0) is 19.7 Å². The van der Waals surface area contributed by atoms with E-state index < -0.39 is 47.3 Å². The van der Waals surface area contributed by atoms with Crippen molar-refractivity contribution in [3.05, 3.63) is 125 Å². The summed E-state index contributed by atoms with van der Waals surface area (Å²) in [5.74, 6) is 0.809. The van der Waals surface area contributed by atoms with Gasteiger partial charge in [-0.1, -0.05) is 110 Å². The van der Waals surface area contributed by atoms with Gasteiger partial charge in [-0.2, -0.15) is 30.9 Å². The van der Waals surface area contributed by atoms with E-state index in [1.165, 1.54) is 12.1 Å². The Kier molecular flexibility index (Phi) is 14.4. The van der Waals surface area contributed by atoms with E-state index in [-0.39, 0.29) is 57.1 Å². The van der Waals surface area contributed by atoms with E-state index in [0.717, 1.165) is 45.8 Å². The van der Waals surface area contributed by atoms with Gasteiger partial charge in [0.15, 0.2) is 14.4 Å². The maximum Gasteiger partial charge on any atom is 0.498 e. The summed E-state index contributed by atoms with van der Waals surface area (Å²) in [5.41, 5.74) is 1.15. The predicted molar refractivity (Wildman–Crippen MR) is 252 cm³/mol. The number of para-hydroxylation sites is 2. The molecule has 0 radical (unpaired) electrons. The lowest BCUT2D eigenvalue weighted by atomic mass is 9.91. The fourth-order valence-electron chi connectivity index (χ4n) is 8.87. The third kappa shape index (κ3) is 9.52. The molecule has 0 saturated heterocycles. The lowest BCUT2D eigenvalue weighted by molar-refractivity contribution is -0.132. The molecule has 0 saturated carbocycles.